The van der Waals surface area contributed by atoms with Crippen molar-refractivity contribution in [1.29, 1.82) is 0 Å². The molecular weight excluding hydrogens is 144 g/mol. The Morgan fingerprint density at radius 2 is 2.20 bits per heavy atom. The average Bonchev–Trinajstić information content (AvgIpc) is 1.99. The molecule has 0 aromatic carbocycles. The molecule has 0 aliphatic heterocycles. The van der Waals surface area contributed by atoms with E-state index in [1.54, 1.807) is 6.08 Å². The molecule has 0 aromatic rings. The number of hydrogen-bond donors (Lipinski definition) is 0. The van der Waals surface area contributed by atoms with E-state index in [1.807, 2.05) is 12.2 Å². The number of rotatable bonds is 4. The van der Waals surface area contributed by atoms with Gasteiger partial charge in [0.1, 0.15) is 0 Å². The van der Waals surface area contributed by atoms with Crippen LogP contribution >= 0.6 is 11.6 Å². The summed E-state index contributed by atoms with van der Waals surface area (Å²) in [6, 6.07) is 0. The first kappa shape index (κ1) is 9.51. The Labute approximate surface area is 67.9 Å². The predicted molar refractivity (Wildman–Crippen MR) is 48.1 cm³/mol. The van der Waals surface area contributed by atoms with Crippen LogP contribution in [0.1, 0.15) is 13.3 Å². The van der Waals surface area contributed by atoms with Crippen molar-refractivity contribution in [3.63, 3.8) is 0 Å². The van der Waals surface area contributed by atoms with Gasteiger partial charge in [0.2, 0.25) is 0 Å². The Morgan fingerprint density at radius 3 is 2.60 bits per heavy atom. The lowest BCUT2D eigenvalue weighted by atomic mass is 10.1. The molecule has 0 spiro atoms. The van der Waals surface area contributed by atoms with Crippen molar-refractivity contribution >= 4 is 11.6 Å². The maximum atomic E-state index is 5.31. The van der Waals surface area contributed by atoms with E-state index in [0.717, 1.165) is 6.42 Å². The second-order valence-corrected chi connectivity index (χ2v) is 2.26. The third-order valence-corrected chi connectivity index (χ3v) is 1.46. The van der Waals surface area contributed by atoms with Crippen molar-refractivity contribution in [2.24, 2.45) is 5.92 Å². The maximum Gasteiger partial charge on any atom is 0.00423 e. The Balaban J connectivity index is 3.71. The lowest BCUT2D eigenvalue weighted by molar-refractivity contribution is 0.776. The molecule has 0 saturated carbocycles. The van der Waals surface area contributed by atoms with Gasteiger partial charge in [-0.2, -0.15) is 0 Å². The van der Waals surface area contributed by atoms with Gasteiger partial charge in [-0.1, -0.05) is 42.8 Å². The molecule has 0 N–H and O–H groups in total. The Morgan fingerprint density at radius 1 is 1.50 bits per heavy atom. The molecule has 0 heterocycles. The molecule has 0 saturated heterocycles. The molecule has 0 nitrogen and oxygen atoms in total. The van der Waals surface area contributed by atoms with Crippen LogP contribution in [0.3, 0.4) is 0 Å². The van der Waals surface area contributed by atoms with Gasteiger partial charge in [0, 0.05) is 5.54 Å². The molecule has 0 fully saturated rings. The molecule has 10 heavy (non-hydrogen) atoms. The van der Waals surface area contributed by atoms with Gasteiger partial charge < -0.3 is 0 Å². The zero-order valence-corrected chi connectivity index (χ0v) is 7.01. The summed E-state index contributed by atoms with van der Waals surface area (Å²) in [7, 11) is 0. The fourth-order valence-corrected chi connectivity index (χ4v) is 0.714. The fourth-order valence-electron chi connectivity index (χ4n) is 0.630. The number of halogens is 1. The smallest absolute Gasteiger partial charge is 0.00423 e. The molecule has 0 rings (SSSR count). The first-order valence-corrected chi connectivity index (χ1v) is 3.84. The van der Waals surface area contributed by atoms with Crippen LogP contribution < -0.4 is 0 Å². The summed E-state index contributed by atoms with van der Waals surface area (Å²) in [6.07, 6.45) is 8.83. The van der Waals surface area contributed by atoms with Crippen LogP contribution in [0, 0.1) is 5.92 Å². The van der Waals surface area contributed by atoms with E-state index in [4.69, 9.17) is 11.6 Å². The molecule has 0 radical (unpaired) electrons. The van der Waals surface area contributed by atoms with Crippen LogP contribution in [-0.2, 0) is 0 Å². The van der Waals surface area contributed by atoms with Gasteiger partial charge in [-0.05, 0) is 12.3 Å². The van der Waals surface area contributed by atoms with Crippen LogP contribution in [0.15, 0.2) is 36.4 Å². The monoisotopic (exact) mass is 156 g/mol. The summed E-state index contributed by atoms with van der Waals surface area (Å²) in [4.78, 5) is 0. The number of allylic oxidation sites excluding steroid dienone is 4. The van der Waals surface area contributed by atoms with Crippen molar-refractivity contribution in [2.45, 2.75) is 13.3 Å². The number of hydrogen-bond acceptors (Lipinski definition) is 0. The first-order valence-electron chi connectivity index (χ1n) is 3.41. The lowest BCUT2D eigenvalue weighted by Crippen LogP contribution is -1.85. The van der Waals surface area contributed by atoms with E-state index in [0.29, 0.717) is 5.92 Å². The van der Waals surface area contributed by atoms with Gasteiger partial charge in [-0.25, -0.2) is 0 Å². The van der Waals surface area contributed by atoms with Crippen molar-refractivity contribution < 1.29 is 0 Å². The van der Waals surface area contributed by atoms with Crippen LogP contribution in [0.5, 0.6) is 0 Å². The Kier molecular flexibility index (Phi) is 6.30. The molecule has 0 bridgehead atoms. The second-order valence-electron chi connectivity index (χ2n) is 2.01. The minimum atomic E-state index is 0.480. The fraction of sp³-hybridized carbons (Fsp3) is 0.333. The van der Waals surface area contributed by atoms with Gasteiger partial charge in [0.25, 0.3) is 0 Å². The summed E-state index contributed by atoms with van der Waals surface area (Å²) in [5, 5.41) is 0. The normalized spacial score (nSPS) is 14.6. The summed E-state index contributed by atoms with van der Waals surface area (Å²) in [6.45, 7) is 5.83. The van der Waals surface area contributed by atoms with Crippen LogP contribution in [0.25, 0.3) is 0 Å². The van der Waals surface area contributed by atoms with E-state index >= 15 is 0 Å². The van der Waals surface area contributed by atoms with Gasteiger partial charge in [-0.15, -0.1) is 6.58 Å². The quantitative estimate of drug-likeness (QED) is 0.432. The van der Waals surface area contributed by atoms with E-state index in [9.17, 15) is 0 Å². The Bertz CT molecular complexity index is 134. The van der Waals surface area contributed by atoms with E-state index in [2.05, 4.69) is 19.6 Å². The van der Waals surface area contributed by atoms with Crippen molar-refractivity contribution in [3.8, 4) is 0 Å². The molecule has 1 unspecified atom stereocenters. The summed E-state index contributed by atoms with van der Waals surface area (Å²) in [5.74, 6) is 0.480. The van der Waals surface area contributed by atoms with E-state index in [-0.39, 0.29) is 0 Å². The second kappa shape index (κ2) is 6.63. The van der Waals surface area contributed by atoms with Crippen molar-refractivity contribution in [2.75, 3.05) is 0 Å². The molecule has 1 heteroatoms. The highest BCUT2D eigenvalue weighted by Gasteiger charge is 1.90. The molecule has 56 valence electrons. The highest BCUT2D eigenvalue weighted by Crippen LogP contribution is 2.04. The van der Waals surface area contributed by atoms with Crippen LogP contribution in [-0.4, -0.2) is 0 Å². The van der Waals surface area contributed by atoms with Crippen molar-refractivity contribution in [3.05, 3.63) is 36.4 Å². The van der Waals surface area contributed by atoms with Gasteiger partial charge in [-0.3, -0.25) is 0 Å². The molecule has 0 aliphatic rings. The van der Waals surface area contributed by atoms with E-state index < -0.39 is 0 Å². The molecule has 1 atom stereocenters. The largest absolute Gasteiger partial charge is 0.102 e. The van der Waals surface area contributed by atoms with Gasteiger partial charge >= 0.3 is 0 Å². The first-order chi connectivity index (χ1) is 4.85. The molecule has 0 aliphatic carbocycles. The summed E-state index contributed by atoms with van der Waals surface area (Å²) in [5.41, 5.74) is 1.49. The standard InChI is InChI=1S/C9H13Cl/c1-3-9(4-2)7-5-6-8-10/h3,5-9H,1,4H2,2H3/b7-5?,8-6+. The lowest BCUT2D eigenvalue weighted by Gasteiger charge is -1.98. The highest BCUT2D eigenvalue weighted by atomic mass is 35.5. The minimum Gasteiger partial charge on any atom is -0.102 e. The molecule has 0 aromatic heterocycles. The molecule has 0 amide bonds. The van der Waals surface area contributed by atoms with Crippen molar-refractivity contribution in [1.82, 2.24) is 0 Å². The minimum absolute atomic E-state index is 0.480. The SMILES string of the molecule is C=CC(C=C/C=C/Cl)CC. The topological polar surface area (TPSA) is 0 Å². The molecular formula is C9H13Cl. The third kappa shape index (κ3) is 4.39. The van der Waals surface area contributed by atoms with Crippen LogP contribution in [0.4, 0.5) is 0 Å². The Hall–Kier alpha value is -0.490. The zero-order valence-electron chi connectivity index (χ0n) is 6.26. The summed E-state index contributed by atoms with van der Waals surface area (Å²) < 4.78 is 0. The van der Waals surface area contributed by atoms with Gasteiger partial charge in [0.15, 0.2) is 0 Å². The zero-order chi connectivity index (χ0) is 7.82. The van der Waals surface area contributed by atoms with Crippen LogP contribution in [0.2, 0.25) is 0 Å². The third-order valence-electron chi connectivity index (χ3n) is 1.32. The average molecular weight is 157 g/mol. The van der Waals surface area contributed by atoms with E-state index in [1.165, 1.54) is 5.54 Å². The predicted octanol–water partition coefficient (Wildman–Crippen LogP) is 3.51. The maximum absolute atomic E-state index is 5.31. The highest BCUT2D eigenvalue weighted by molar-refractivity contribution is 6.25. The summed E-state index contributed by atoms with van der Waals surface area (Å²) >= 11 is 5.31. The van der Waals surface area contributed by atoms with Gasteiger partial charge in [0.05, 0.1) is 0 Å².